The van der Waals surface area contributed by atoms with Gasteiger partial charge in [-0.3, -0.25) is 0 Å². The highest BCUT2D eigenvalue weighted by Crippen LogP contribution is 2.27. The normalized spacial score (nSPS) is 25.4. The molecule has 0 atom stereocenters. The maximum atomic E-state index is 6.08. The minimum absolute atomic E-state index is 0.399. The fraction of sp³-hybridized carbons (Fsp3) is 0.636. The molecular weight excluding hydrogens is 336 g/mol. The fourth-order valence-electron chi connectivity index (χ4n) is 2.01. The Morgan fingerprint density at radius 2 is 2.12 bits per heavy atom. The topological polar surface area (TPSA) is 37.8 Å². The minimum atomic E-state index is 0.399. The molecule has 0 spiro atoms. The van der Waals surface area contributed by atoms with E-state index in [1.54, 1.807) is 6.33 Å². The van der Waals surface area contributed by atoms with Gasteiger partial charge in [0.2, 0.25) is 0 Å². The molecule has 1 saturated carbocycles. The number of nitrogens with one attached hydrogen (secondary N) is 1. The third-order valence-corrected chi connectivity index (χ3v) is 4.23. The molecule has 88 valence electrons. The first-order valence-electron chi connectivity index (χ1n) is 5.59. The van der Waals surface area contributed by atoms with Crippen LogP contribution in [-0.2, 0) is 0 Å². The smallest absolute Gasteiger partial charge is 0.142 e. The highest BCUT2D eigenvalue weighted by molar-refractivity contribution is 14.1. The van der Waals surface area contributed by atoms with Gasteiger partial charge in [-0.1, -0.05) is 0 Å². The summed E-state index contributed by atoms with van der Waals surface area (Å²) in [6.07, 6.45) is 8.15. The Kier molecular flexibility index (Phi) is 4.64. The zero-order valence-corrected chi connectivity index (χ0v) is 11.9. The quantitative estimate of drug-likeness (QED) is 0.671. The first-order chi connectivity index (χ1) is 7.75. The Labute approximate surface area is 115 Å². The van der Waals surface area contributed by atoms with E-state index in [1.165, 1.54) is 12.8 Å². The summed E-state index contributed by atoms with van der Waals surface area (Å²) in [5, 5.41) is 3.79. The summed E-state index contributed by atoms with van der Waals surface area (Å²) in [6, 6.07) is 0. The van der Waals surface area contributed by atoms with E-state index in [-0.39, 0.29) is 0 Å². The third kappa shape index (κ3) is 3.45. The van der Waals surface area contributed by atoms with Crippen molar-refractivity contribution in [3.63, 3.8) is 0 Å². The Morgan fingerprint density at radius 3 is 2.81 bits per heavy atom. The summed E-state index contributed by atoms with van der Waals surface area (Å²) in [5.41, 5.74) is 0. The Bertz CT molecular complexity index is 340. The van der Waals surface area contributed by atoms with Crippen molar-refractivity contribution in [1.82, 2.24) is 9.97 Å². The lowest BCUT2D eigenvalue weighted by atomic mass is 9.89. The number of anilines is 1. The van der Waals surface area contributed by atoms with E-state index < -0.39 is 0 Å². The molecule has 0 unspecified atom stereocenters. The number of hydrogen-bond acceptors (Lipinski definition) is 3. The van der Waals surface area contributed by atoms with Crippen LogP contribution in [0.3, 0.4) is 0 Å². The molecule has 0 aromatic carbocycles. The molecule has 0 amide bonds. The van der Waals surface area contributed by atoms with Crippen LogP contribution >= 0.6 is 34.2 Å². The van der Waals surface area contributed by atoms with Crippen molar-refractivity contribution in [2.75, 3.05) is 11.9 Å². The monoisotopic (exact) mass is 351 g/mol. The molecule has 1 N–H and O–H groups in total. The van der Waals surface area contributed by atoms with E-state index in [1.807, 2.05) is 6.20 Å². The molecule has 0 radical (unpaired) electrons. The highest BCUT2D eigenvalue weighted by atomic mass is 127. The number of nitrogens with zero attached hydrogens (tertiary/aromatic N) is 2. The lowest BCUT2D eigenvalue weighted by Crippen LogP contribution is -2.22. The van der Waals surface area contributed by atoms with Crippen LogP contribution in [0.5, 0.6) is 0 Å². The van der Waals surface area contributed by atoms with Crippen LogP contribution in [0.4, 0.5) is 5.82 Å². The molecule has 1 heterocycles. The number of halogens is 2. The van der Waals surface area contributed by atoms with E-state index in [0.29, 0.717) is 5.38 Å². The van der Waals surface area contributed by atoms with Gasteiger partial charge in [0.15, 0.2) is 0 Å². The molecule has 2 rings (SSSR count). The molecule has 1 aliphatic carbocycles. The predicted molar refractivity (Wildman–Crippen MR) is 74.8 cm³/mol. The molecular formula is C11H15ClIN3. The van der Waals surface area contributed by atoms with Crippen LogP contribution in [0.2, 0.25) is 0 Å². The van der Waals surface area contributed by atoms with Crippen LogP contribution in [0.1, 0.15) is 25.7 Å². The molecule has 0 bridgehead atoms. The molecule has 1 fully saturated rings. The van der Waals surface area contributed by atoms with Gasteiger partial charge >= 0.3 is 0 Å². The van der Waals surface area contributed by atoms with Gasteiger partial charge < -0.3 is 5.32 Å². The van der Waals surface area contributed by atoms with Crippen molar-refractivity contribution < 1.29 is 0 Å². The average Bonchev–Trinajstić information content (AvgIpc) is 2.30. The molecule has 1 aromatic heterocycles. The van der Waals surface area contributed by atoms with E-state index >= 15 is 0 Å². The van der Waals surface area contributed by atoms with Gasteiger partial charge in [0.05, 0.1) is 3.57 Å². The van der Waals surface area contributed by atoms with Gasteiger partial charge in [-0.25, -0.2) is 9.97 Å². The fourth-order valence-corrected chi connectivity index (χ4v) is 2.75. The predicted octanol–water partition coefficient (Wildman–Crippen LogP) is 3.29. The standard InChI is InChI=1S/C11H15ClIN3/c12-9-3-1-8(2-4-9)5-15-11-10(13)6-14-7-16-11/h6-9H,1-5H2,(H,14,15,16). The Morgan fingerprint density at radius 1 is 1.38 bits per heavy atom. The summed E-state index contributed by atoms with van der Waals surface area (Å²) < 4.78 is 1.08. The molecule has 1 aliphatic rings. The van der Waals surface area contributed by atoms with Gasteiger partial charge in [-0.2, -0.15) is 0 Å². The summed E-state index contributed by atoms with van der Waals surface area (Å²) in [7, 11) is 0. The summed E-state index contributed by atoms with van der Waals surface area (Å²) >= 11 is 8.33. The number of alkyl halides is 1. The van der Waals surface area contributed by atoms with Crippen LogP contribution < -0.4 is 5.32 Å². The lowest BCUT2D eigenvalue weighted by molar-refractivity contribution is 0.377. The van der Waals surface area contributed by atoms with Gasteiger partial charge in [-0.05, 0) is 54.2 Å². The Hall–Kier alpha value is -0.100. The van der Waals surface area contributed by atoms with Gasteiger partial charge in [0.25, 0.3) is 0 Å². The van der Waals surface area contributed by atoms with Crippen LogP contribution in [0.25, 0.3) is 0 Å². The zero-order valence-electron chi connectivity index (χ0n) is 9.00. The zero-order chi connectivity index (χ0) is 11.4. The van der Waals surface area contributed by atoms with E-state index in [9.17, 15) is 0 Å². The van der Waals surface area contributed by atoms with Crippen molar-refractivity contribution in [3.05, 3.63) is 16.1 Å². The van der Waals surface area contributed by atoms with Crippen LogP contribution in [0.15, 0.2) is 12.5 Å². The second-order valence-electron chi connectivity index (χ2n) is 4.22. The third-order valence-electron chi connectivity index (χ3n) is 3.00. The van der Waals surface area contributed by atoms with E-state index in [0.717, 1.165) is 34.7 Å². The van der Waals surface area contributed by atoms with Crippen molar-refractivity contribution in [2.24, 2.45) is 5.92 Å². The maximum Gasteiger partial charge on any atom is 0.142 e. The number of rotatable bonds is 3. The second kappa shape index (κ2) is 6.00. The van der Waals surface area contributed by atoms with Gasteiger partial charge in [0.1, 0.15) is 12.1 Å². The molecule has 0 saturated heterocycles. The van der Waals surface area contributed by atoms with E-state index in [2.05, 4.69) is 37.9 Å². The van der Waals surface area contributed by atoms with Crippen molar-refractivity contribution >= 4 is 40.0 Å². The SMILES string of the molecule is ClC1CCC(CNc2ncncc2I)CC1. The van der Waals surface area contributed by atoms with E-state index in [4.69, 9.17) is 11.6 Å². The first kappa shape index (κ1) is 12.4. The molecule has 1 aromatic rings. The Balaban J connectivity index is 1.81. The molecule has 16 heavy (non-hydrogen) atoms. The van der Waals surface area contributed by atoms with Crippen molar-refractivity contribution in [3.8, 4) is 0 Å². The van der Waals surface area contributed by atoms with Crippen molar-refractivity contribution in [2.45, 2.75) is 31.1 Å². The molecule has 0 aliphatic heterocycles. The molecule has 3 nitrogen and oxygen atoms in total. The minimum Gasteiger partial charge on any atom is -0.369 e. The largest absolute Gasteiger partial charge is 0.369 e. The average molecular weight is 352 g/mol. The number of hydrogen-bond donors (Lipinski definition) is 1. The maximum absolute atomic E-state index is 6.08. The number of aromatic nitrogens is 2. The van der Waals surface area contributed by atoms with Gasteiger partial charge in [0, 0.05) is 18.1 Å². The summed E-state index contributed by atoms with van der Waals surface area (Å²) in [4.78, 5) is 8.20. The van der Waals surface area contributed by atoms with Crippen LogP contribution in [0, 0.1) is 9.49 Å². The summed E-state index contributed by atoms with van der Waals surface area (Å²) in [6.45, 7) is 0.997. The lowest BCUT2D eigenvalue weighted by Gasteiger charge is -2.25. The van der Waals surface area contributed by atoms with Gasteiger partial charge in [-0.15, -0.1) is 11.6 Å². The van der Waals surface area contributed by atoms with Crippen molar-refractivity contribution in [1.29, 1.82) is 0 Å². The first-order valence-corrected chi connectivity index (χ1v) is 7.10. The summed E-state index contributed by atoms with van der Waals surface area (Å²) in [5.74, 6) is 1.68. The molecule has 5 heteroatoms. The second-order valence-corrected chi connectivity index (χ2v) is 6.00. The highest BCUT2D eigenvalue weighted by Gasteiger charge is 2.19. The van der Waals surface area contributed by atoms with Crippen LogP contribution in [-0.4, -0.2) is 21.9 Å².